The monoisotopic (exact) mass is 310 g/mol. The minimum Gasteiger partial charge on any atom is -0.496 e. The second kappa shape index (κ2) is 9.15. The number of nitrogens with one attached hydrogen (secondary N) is 2. The number of ether oxygens (including phenoxy) is 3. The standard InChI is InChI=1S/C16H26N2O4/c1-11(10-17-2)16(19)18-7-6-13-14(21-4)8-12(20-3)9-15(13)22-5/h8-9,11,17H,6-7,10H2,1-5H3,(H,18,19). The smallest absolute Gasteiger partial charge is 0.224 e. The summed E-state index contributed by atoms with van der Waals surface area (Å²) < 4.78 is 16.0. The summed E-state index contributed by atoms with van der Waals surface area (Å²) in [6.45, 7) is 3.06. The molecule has 22 heavy (non-hydrogen) atoms. The first-order chi connectivity index (χ1) is 10.6. The number of carbonyl (C=O) groups is 1. The van der Waals surface area contributed by atoms with Crippen LogP contribution in [0.5, 0.6) is 17.2 Å². The van der Waals surface area contributed by atoms with Crippen molar-refractivity contribution in [1.82, 2.24) is 10.6 Å². The normalized spacial score (nSPS) is 11.7. The predicted octanol–water partition coefficient (Wildman–Crippen LogP) is 1.23. The lowest BCUT2D eigenvalue weighted by atomic mass is 10.1. The molecule has 1 amide bonds. The molecule has 1 atom stereocenters. The molecule has 0 saturated heterocycles. The maximum absolute atomic E-state index is 11.9. The Morgan fingerprint density at radius 2 is 1.73 bits per heavy atom. The number of rotatable bonds is 9. The summed E-state index contributed by atoms with van der Waals surface area (Å²) in [6.07, 6.45) is 0.619. The summed E-state index contributed by atoms with van der Waals surface area (Å²) >= 11 is 0. The Balaban J connectivity index is 2.74. The van der Waals surface area contributed by atoms with E-state index < -0.39 is 0 Å². The van der Waals surface area contributed by atoms with Crippen LogP contribution in [-0.4, -0.2) is 47.4 Å². The van der Waals surface area contributed by atoms with E-state index in [0.717, 1.165) is 5.56 Å². The number of amides is 1. The van der Waals surface area contributed by atoms with Crippen LogP contribution < -0.4 is 24.8 Å². The van der Waals surface area contributed by atoms with E-state index in [9.17, 15) is 4.79 Å². The van der Waals surface area contributed by atoms with E-state index in [2.05, 4.69) is 10.6 Å². The molecule has 2 N–H and O–H groups in total. The van der Waals surface area contributed by atoms with Gasteiger partial charge < -0.3 is 24.8 Å². The molecule has 0 bridgehead atoms. The van der Waals surface area contributed by atoms with Gasteiger partial charge in [0.1, 0.15) is 17.2 Å². The van der Waals surface area contributed by atoms with E-state index in [0.29, 0.717) is 36.8 Å². The van der Waals surface area contributed by atoms with Gasteiger partial charge in [-0.25, -0.2) is 0 Å². The Kier molecular flexibility index (Phi) is 7.52. The fourth-order valence-corrected chi connectivity index (χ4v) is 2.21. The number of hydrogen-bond donors (Lipinski definition) is 2. The van der Waals surface area contributed by atoms with Crippen LogP contribution in [0.2, 0.25) is 0 Å². The highest BCUT2D eigenvalue weighted by Crippen LogP contribution is 2.34. The van der Waals surface area contributed by atoms with Crippen LogP contribution >= 0.6 is 0 Å². The van der Waals surface area contributed by atoms with E-state index in [-0.39, 0.29) is 11.8 Å². The molecule has 0 aliphatic rings. The Morgan fingerprint density at radius 3 is 2.18 bits per heavy atom. The van der Waals surface area contributed by atoms with Gasteiger partial charge in [0.2, 0.25) is 5.91 Å². The van der Waals surface area contributed by atoms with Gasteiger partial charge >= 0.3 is 0 Å². The molecule has 1 aromatic rings. The van der Waals surface area contributed by atoms with Crippen LogP contribution in [0, 0.1) is 5.92 Å². The topological polar surface area (TPSA) is 68.8 Å². The zero-order chi connectivity index (χ0) is 16.5. The van der Waals surface area contributed by atoms with Crippen LogP contribution in [0.25, 0.3) is 0 Å². The van der Waals surface area contributed by atoms with Crippen LogP contribution in [0.4, 0.5) is 0 Å². The lowest BCUT2D eigenvalue weighted by molar-refractivity contribution is -0.124. The number of carbonyl (C=O) groups excluding carboxylic acids is 1. The molecule has 6 nitrogen and oxygen atoms in total. The largest absolute Gasteiger partial charge is 0.496 e. The molecule has 0 heterocycles. The van der Waals surface area contributed by atoms with Crippen molar-refractivity contribution in [2.24, 2.45) is 5.92 Å². The van der Waals surface area contributed by atoms with E-state index in [1.165, 1.54) is 0 Å². The second-order valence-electron chi connectivity index (χ2n) is 5.01. The van der Waals surface area contributed by atoms with Crippen molar-refractivity contribution in [3.8, 4) is 17.2 Å². The Bertz CT molecular complexity index is 466. The van der Waals surface area contributed by atoms with E-state index in [1.807, 2.05) is 26.1 Å². The van der Waals surface area contributed by atoms with E-state index in [1.54, 1.807) is 21.3 Å². The molecule has 0 aromatic heterocycles. The lowest BCUT2D eigenvalue weighted by Crippen LogP contribution is -2.35. The minimum atomic E-state index is -0.0651. The zero-order valence-corrected chi connectivity index (χ0v) is 14.0. The van der Waals surface area contributed by atoms with Crippen molar-refractivity contribution in [1.29, 1.82) is 0 Å². The highest BCUT2D eigenvalue weighted by molar-refractivity contribution is 5.78. The first kappa shape index (κ1) is 18.1. The number of hydrogen-bond acceptors (Lipinski definition) is 5. The molecule has 0 spiro atoms. The van der Waals surface area contributed by atoms with Gasteiger partial charge in [-0.15, -0.1) is 0 Å². The van der Waals surface area contributed by atoms with Crippen LogP contribution in [0.1, 0.15) is 12.5 Å². The number of methoxy groups -OCH3 is 3. The SMILES string of the molecule is CNCC(C)C(=O)NCCc1c(OC)cc(OC)cc1OC. The van der Waals surface area contributed by atoms with E-state index >= 15 is 0 Å². The van der Waals surface area contributed by atoms with E-state index in [4.69, 9.17) is 14.2 Å². The van der Waals surface area contributed by atoms with Crippen molar-refractivity contribution in [3.63, 3.8) is 0 Å². The molecule has 0 radical (unpaired) electrons. The third-order valence-corrected chi connectivity index (χ3v) is 3.45. The van der Waals surface area contributed by atoms with Gasteiger partial charge in [-0.3, -0.25) is 4.79 Å². The first-order valence-electron chi connectivity index (χ1n) is 7.28. The van der Waals surface area contributed by atoms with Crippen molar-refractivity contribution in [3.05, 3.63) is 17.7 Å². The summed E-state index contributed by atoms with van der Waals surface area (Å²) in [7, 11) is 6.63. The number of benzene rings is 1. The molecule has 0 aliphatic carbocycles. The first-order valence-corrected chi connectivity index (χ1v) is 7.28. The minimum absolute atomic E-state index is 0.0285. The molecule has 1 unspecified atom stereocenters. The predicted molar refractivity (Wildman–Crippen MR) is 85.9 cm³/mol. The molecule has 0 fully saturated rings. The third-order valence-electron chi connectivity index (χ3n) is 3.45. The van der Waals surface area contributed by atoms with Crippen molar-refractivity contribution in [2.75, 3.05) is 41.5 Å². The Hall–Kier alpha value is -1.95. The zero-order valence-electron chi connectivity index (χ0n) is 14.0. The van der Waals surface area contributed by atoms with Crippen LogP contribution in [0.15, 0.2) is 12.1 Å². The molecular formula is C16H26N2O4. The van der Waals surface area contributed by atoms with Crippen LogP contribution in [0.3, 0.4) is 0 Å². The fourth-order valence-electron chi connectivity index (χ4n) is 2.21. The molecule has 0 saturated carbocycles. The molecule has 1 aromatic carbocycles. The quantitative estimate of drug-likeness (QED) is 0.718. The van der Waals surface area contributed by atoms with Gasteiger partial charge in [-0.1, -0.05) is 6.92 Å². The molecule has 124 valence electrons. The summed E-state index contributed by atoms with van der Waals surface area (Å²) in [5, 5.41) is 5.92. The highest BCUT2D eigenvalue weighted by atomic mass is 16.5. The van der Waals surface area contributed by atoms with Gasteiger partial charge in [0.15, 0.2) is 0 Å². The molecule has 0 aliphatic heterocycles. The van der Waals surface area contributed by atoms with Crippen molar-refractivity contribution >= 4 is 5.91 Å². The Morgan fingerprint density at radius 1 is 1.14 bits per heavy atom. The summed E-state index contributed by atoms with van der Waals surface area (Å²) in [5.41, 5.74) is 0.910. The summed E-state index contributed by atoms with van der Waals surface area (Å²) in [6, 6.07) is 3.62. The van der Waals surface area contributed by atoms with Crippen molar-refractivity contribution < 1.29 is 19.0 Å². The molecule has 1 rings (SSSR count). The van der Waals surface area contributed by atoms with Gasteiger partial charge in [-0.05, 0) is 13.5 Å². The van der Waals surface area contributed by atoms with Crippen LogP contribution in [-0.2, 0) is 11.2 Å². The van der Waals surface area contributed by atoms with Gasteiger partial charge in [0, 0.05) is 36.7 Å². The maximum Gasteiger partial charge on any atom is 0.224 e. The summed E-state index contributed by atoms with van der Waals surface area (Å²) in [4.78, 5) is 11.9. The summed E-state index contributed by atoms with van der Waals surface area (Å²) in [5.74, 6) is 2.01. The third kappa shape index (κ3) is 4.80. The van der Waals surface area contributed by atoms with Crippen molar-refractivity contribution in [2.45, 2.75) is 13.3 Å². The maximum atomic E-state index is 11.9. The van der Waals surface area contributed by atoms with Gasteiger partial charge in [0.25, 0.3) is 0 Å². The van der Waals surface area contributed by atoms with Gasteiger partial charge in [-0.2, -0.15) is 0 Å². The average Bonchev–Trinajstić information content (AvgIpc) is 2.54. The van der Waals surface area contributed by atoms with Gasteiger partial charge in [0.05, 0.1) is 21.3 Å². The second-order valence-corrected chi connectivity index (χ2v) is 5.01. The lowest BCUT2D eigenvalue weighted by Gasteiger charge is -2.16. The molecular weight excluding hydrogens is 284 g/mol. The Labute approximate surface area is 132 Å². The highest BCUT2D eigenvalue weighted by Gasteiger charge is 2.15. The fraction of sp³-hybridized carbons (Fsp3) is 0.562. The molecule has 6 heteroatoms. The average molecular weight is 310 g/mol.